The molecule has 0 bridgehead atoms. The molecule has 0 spiro atoms. The highest BCUT2D eigenvalue weighted by Crippen LogP contribution is 2.41. The van der Waals surface area contributed by atoms with E-state index in [1.54, 1.807) is 20.1 Å². The lowest BCUT2D eigenvalue weighted by molar-refractivity contribution is -0.121. The van der Waals surface area contributed by atoms with Crippen molar-refractivity contribution < 1.29 is 18.7 Å². The van der Waals surface area contributed by atoms with Gasteiger partial charge in [-0.3, -0.25) is 9.59 Å². The zero-order valence-electron chi connectivity index (χ0n) is 16.7. The van der Waals surface area contributed by atoms with E-state index in [9.17, 15) is 9.59 Å². The number of amides is 1. The molecule has 0 fully saturated rings. The molecule has 156 valence electrons. The highest BCUT2D eigenvalue weighted by molar-refractivity contribution is 7.17. The molecule has 6 nitrogen and oxygen atoms in total. The smallest absolute Gasteiger partial charge is 0.220 e. The average molecular weight is 445 g/mol. The van der Waals surface area contributed by atoms with Crippen LogP contribution in [0.4, 0.5) is 0 Å². The van der Waals surface area contributed by atoms with Gasteiger partial charge in [0, 0.05) is 36.6 Å². The van der Waals surface area contributed by atoms with E-state index >= 15 is 0 Å². The number of oxazole rings is 1. The summed E-state index contributed by atoms with van der Waals surface area (Å²) in [6.45, 7) is 3.74. The van der Waals surface area contributed by atoms with Crippen molar-refractivity contribution in [2.75, 3.05) is 6.54 Å². The van der Waals surface area contributed by atoms with Gasteiger partial charge in [0.05, 0.1) is 22.1 Å². The first-order chi connectivity index (χ1) is 14.4. The van der Waals surface area contributed by atoms with Crippen molar-refractivity contribution in [2.24, 2.45) is 0 Å². The number of aryl methyl sites for hydroxylation is 2. The van der Waals surface area contributed by atoms with Crippen molar-refractivity contribution in [2.45, 2.75) is 39.2 Å². The second kappa shape index (κ2) is 8.62. The quantitative estimate of drug-likeness (QED) is 0.538. The van der Waals surface area contributed by atoms with Gasteiger partial charge in [-0.1, -0.05) is 11.6 Å². The molecule has 1 N–H and O–H groups in total. The zero-order valence-corrected chi connectivity index (χ0v) is 18.2. The fraction of sp³-hybridized carbons (Fsp3) is 0.318. The predicted molar refractivity (Wildman–Crippen MR) is 115 cm³/mol. The van der Waals surface area contributed by atoms with Crippen LogP contribution in [0.25, 0.3) is 10.4 Å². The van der Waals surface area contributed by atoms with Gasteiger partial charge in [0.25, 0.3) is 0 Å². The Kier molecular flexibility index (Phi) is 5.92. The number of ether oxygens (including phenoxy) is 1. The second-order valence-electron chi connectivity index (χ2n) is 7.27. The van der Waals surface area contributed by atoms with Crippen LogP contribution in [-0.4, -0.2) is 29.3 Å². The summed E-state index contributed by atoms with van der Waals surface area (Å²) in [5.74, 6) is 1.26. The normalized spacial score (nSPS) is 15.0. The second-order valence-corrected chi connectivity index (χ2v) is 8.76. The van der Waals surface area contributed by atoms with E-state index < -0.39 is 0 Å². The third-order valence-corrected chi connectivity index (χ3v) is 6.41. The summed E-state index contributed by atoms with van der Waals surface area (Å²) in [5.41, 5.74) is 2.74. The lowest BCUT2D eigenvalue weighted by Gasteiger charge is -2.12. The number of halogens is 1. The Bertz CT molecular complexity index is 1100. The SMILES string of the molecule is CC(=O)c1ccc(-c2cc(Cl)c3c(c2)CC(CNC(=O)CCc2coc(C)n2)O3)s1. The Morgan fingerprint density at radius 3 is 2.87 bits per heavy atom. The van der Waals surface area contributed by atoms with Gasteiger partial charge in [0.15, 0.2) is 11.7 Å². The van der Waals surface area contributed by atoms with Crippen LogP contribution >= 0.6 is 22.9 Å². The van der Waals surface area contributed by atoms with E-state index in [-0.39, 0.29) is 17.8 Å². The maximum absolute atomic E-state index is 12.1. The molecular formula is C22H21ClN2O4S. The van der Waals surface area contributed by atoms with E-state index in [1.165, 1.54) is 11.3 Å². The van der Waals surface area contributed by atoms with Crippen molar-refractivity contribution in [1.29, 1.82) is 0 Å². The van der Waals surface area contributed by atoms with Crippen molar-refractivity contribution in [3.8, 4) is 16.2 Å². The van der Waals surface area contributed by atoms with Crippen LogP contribution in [0.15, 0.2) is 34.9 Å². The summed E-state index contributed by atoms with van der Waals surface area (Å²) in [6.07, 6.45) is 2.95. The number of hydrogen-bond acceptors (Lipinski definition) is 6. The summed E-state index contributed by atoms with van der Waals surface area (Å²) >= 11 is 7.90. The minimum absolute atomic E-state index is 0.0522. The van der Waals surface area contributed by atoms with Crippen LogP contribution in [-0.2, 0) is 17.6 Å². The van der Waals surface area contributed by atoms with Crippen molar-refractivity contribution in [3.63, 3.8) is 0 Å². The molecule has 1 amide bonds. The topological polar surface area (TPSA) is 81.4 Å². The monoisotopic (exact) mass is 444 g/mol. The minimum Gasteiger partial charge on any atom is -0.486 e. The number of benzene rings is 1. The third kappa shape index (κ3) is 4.57. The summed E-state index contributed by atoms with van der Waals surface area (Å²) in [5, 5.41) is 3.45. The Morgan fingerprint density at radius 2 is 2.17 bits per heavy atom. The van der Waals surface area contributed by atoms with Crippen LogP contribution in [0.2, 0.25) is 5.02 Å². The predicted octanol–water partition coefficient (Wildman–Crippen LogP) is 4.62. The van der Waals surface area contributed by atoms with E-state index in [0.717, 1.165) is 26.6 Å². The summed E-state index contributed by atoms with van der Waals surface area (Å²) in [4.78, 5) is 29.6. The Hall–Kier alpha value is -2.64. The molecule has 0 saturated carbocycles. The van der Waals surface area contributed by atoms with E-state index in [1.807, 2.05) is 24.3 Å². The zero-order chi connectivity index (χ0) is 21.3. The molecule has 1 aliphatic heterocycles. The van der Waals surface area contributed by atoms with Gasteiger partial charge in [-0.2, -0.15) is 0 Å². The van der Waals surface area contributed by atoms with Gasteiger partial charge in [-0.25, -0.2) is 4.98 Å². The van der Waals surface area contributed by atoms with Gasteiger partial charge in [0.2, 0.25) is 5.91 Å². The number of rotatable bonds is 7. The highest BCUT2D eigenvalue weighted by atomic mass is 35.5. The fourth-order valence-corrected chi connectivity index (χ4v) is 4.58. The van der Waals surface area contributed by atoms with Gasteiger partial charge >= 0.3 is 0 Å². The largest absolute Gasteiger partial charge is 0.486 e. The van der Waals surface area contributed by atoms with Gasteiger partial charge in [-0.05, 0) is 36.8 Å². The molecule has 30 heavy (non-hydrogen) atoms. The molecule has 2 aromatic heterocycles. The van der Waals surface area contributed by atoms with Gasteiger partial charge in [-0.15, -0.1) is 11.3 Å². The molecule has 4 rings (SSSR count). The van der Waals surface area contributed by atoms with E-state index in [0.29, 0.717) is 42.5 Å². The van der Waals surface area contributed by atoms with Crippen LogP contribution in [0.1, 0.15) is 40.2 Å². The highest BCUT2D eigenvalue weighted by Gasteiger charge is 2.26. The first-order valence-electron chi connectivity index (χ1n) is 9.67. The van der Waals surface area contributed by atoms with Gasteiger partial charge < -0.3 is 14.5 Å². The number of carbonyl (C=O) groups is 2. The number of thiophene rings is 1. The number of nitrogens with zero attached hydrogens (tertiary/aromatic N) is 1. The molecule has 3 heterocycles. The first-order valence-corrected chi connectivity index (χ1v) is 10.9. The average Bonchev–Trinajstić information content (AvgIpc) is 3.43. The number of ketones is 1. The molecule has 1 aliphatic rings. The van der Waals surface area contributed by atoms with Crippen LogP contribution < -0.4 is 10.1 Å². The molecule has 1 aromatic carbocycles. The molecule has 1 atom stereocenters. The number of aromatic nitrogens is 1. The molecule has 0 saturated heterocycles. The van der Waals surface area contributed by atoms with Crippen LogP contribution in [0.5, 0.6) is 5.75 Å². The maximum Gasteiger partial charge on any atom is 0.220 e. The number of nitrogens with one attached hydrogen (secondary N) is 1. The molecule has 8 heteroatoms. The molecule has 3 aromatic rings. The van der Waals surface area contributed by atoms with Crippen LogP contribution in [0, 0.1) is 6.92 Å². The lowest BCUT2D eigenvalue weighted by Crippen LogP contribution is -2.34. The molecule has 1 unspecified atom stereocenters. The standard InChI is InChI=1S/C22H21ClN2O4S/c1-12(26)19-4-5-20(30-19)14-7-15-8-17(29-22(15)18(23)9-14)10-24-21(27)6-3-16-11-28-13(2)25-16/h4-5,7,9,11,17H,3,6,8,10H2,1-2H3,(H,24,27). The summed E-state index contributed by atoms with van der Waals surface area (Å²) < 4.78 is 11.1. The van der Waals surface area contributed by atoms with Crippen molar-refractivity contribution in [3.05, 3.63) is 57.6 Å². The summed E-state index contributed by atoms with van der Waals surface area (Å²) in [6, 6.07) is 7.67. The van der Waals surface area contributed by atoms with Crippen LogP contribution in [0.3, 0.4) is 0 Å². The third-order valence-electron chi connectivity index (χ3n) is 4.89. The Balaban J connectivity index is 1.35. The van der Waals surface area contributed by atoms with Gasteiger partial charge in [0.1, 0.15) is 18.1 Å². The number of carbonyl (C=O) groups excluding carboxylic acids is 2. The maximum atomic E-state index is 12.1. The number of fused-ring (bicyclic) bond motifs is 1. The van der Waals surface area contributed by atoms with Crippen molar-refractivity contribution >= 4 is 34.6 Å². The Labute approximate surface area is 183 Å². The lowest BCUT2D eigenvalue weighted by atomic mass is 10.1. The number of Topliss-reactive ketones (excluding diaryl/α,β-unsaturated/α-hetero) is 1. The number of hydrogen-bond donors (Lipinski definition) is 1. The first kappa shape index (κ1) is 20.6. The minimum atomic E-state index is -0.165. The molecule has 0 aliphatic carbocycles. The fourth-order valence-electron chi connectivity index (χ4n) is 3.41. The van der Waals surface area contributed by atoms with E-state index in [4.69, 9.17) is 20.8 Å². The van der Waals surface area contributed by atoms with Crippen molar-refractivity contribution in [1.82, 2.24) is 10.3 Å². The molecular weight excluding hydrogens is 424 g/mol. The van der Waals surface area contributed by atoms with E-state index in [2.05, 4.69) is 10.3 Å². The Morgan fingerprint density at radius 1 is 1.33 bits per heavy atom. The summed E-state index contributed by atoms with van der Waals surface area (Å²) in [7, 11) is 0. The molecule has 0 radical (unpaired) electrons.